The van der Waals surface area contributed by atoms with E-state index in [1.807, 2.05) is 6.92 Å². The Morgan fingerprint density at radius 2 is 1.90 bits per heavy atom. The standard InChI is InChI=1S/C14H22BNO4S/c1-9-11(15-19-13(2,3)14(4,5)20-15)21-12(16-9)18-10-6-7-17-8-10/h10H,6-8H2,1-5H3. The van der Waals surface area contributed by atoms with E-state index in [2.05, 4.69) is 32.7 Å². The lowest BCUT2D eigenvalue weighted by Crippen LogP contribution is -2.41. The zero-order valence-corrected chi connectivity index (χ0v) is 14.1. The number of aromatic nitrogens is 1. The van der Waals surface area contributed by atoms with Gasteiger partial charge in [-0.1, -0.05) is 11.3 Å². The number of aryl methyl sites for hydroxylation is 1. The van der Waals surface area contributed by atoms with E-state index in [-0.39, 0.29) is 24.4 Å². The molecule has 1 aromatic heterocycles. The first-order valence-electron chi connectivity index (χ1n) is 7.36. The van der Waals surface area contributed by atoms with Crippen molar-refractivity contribution in [3.63, 3.8) is 0 Å². The lowest BCUT2D eigenvalue weighted by atomic mass is 9.86. The quantitative estimate of drug-likeness (QED) is 0.798. The van der Waals surface area contributed by atoms with Crippen LogP contribution in [0.15, 0.2) is 0 Å². The van der Waals surface area contributed by atoms with Crippen LogP contribution in [0.25, 0.3) is 0 Å². The predicted molar refractivity (Wildman–Crippen MR) is 82.4 cm³/mol. The molecule has 2 aliphatic rings. The molecule has 0 amide bonds. The second-order valence-electron chi connectivity index (χ2n) is 6.62. The van der Waals surface area contributed by atoms with Crippen molar-refractivity contribution in [2.75, 3.05) is 13.2 Å². The zero-order valence-electron chi connectivity index (χ0n) is 13.3. The molecule has 116 valence electrons. The van der Waals surface area contributed by atoms with Crippen LogP contribution in [0.1, 0.15) is 39.8 Å². The third kappa shape index (κ3) is 2.84. The van der Waals surface area contributed by atoms with Gasteiger partial charge >= 0.3 is 7.12 Å². The van der Waals surface area contributed by atoms with E-state index < -0.39 is 0 Å². The van der Waals surface area contributed by atoms with Crippen LogP contribution in [0, 0.1) is 6.92 Å². The molecular weight excluding hydrogens is 289 g/mol. The van der Waals surface area contributed by atoms with Crippen LogP contribution < -0.4 is 9.51 Å². The smallest absolute Gasteiger partial charge is 0.464 e. The molecule has 3 heterocycles. The zero-order chi connectivity index (χ0) is 15.3. The molecule has 1 atom stereocenters. The second-order valence-corrected chi connectivity index (χ2v) is 7.61. The van der Waals surface area contributed by atoms with E-state index in [0.717, 1.165) is 23.5 Å². The van der Waals surface area contributed by atoms with Gasteiger partial charge in [0, 0.05) is 6.42 Å². The van der Waals surface area contributed by atoms with Crippen LogP contribution in [0.2, 0.25) is 0 Å². The Morgan fingerprint density at radius 1 is 1.24 bits per heavy atom. The Labute approximate surface area is 130 Å². The summed E-state index contributed by atoms with van der Waals surface area (Å²) in [5, 5.41) is 0.674. The molecule has 1 unspecified atom stereocenters. The molecule has 0 aromatic carbocycles. The van der Waals surface area contributed by atoms with Crippen LogP contribution in [0.3, 0.4) is 0 Å². The fourth-order valence-corrected chi connectivity index (χ4v) is 3.29. The predicted octanol–water partition coefficient (Wildman–Crippen LogP) is 1.92. The van der Waals surface area contributed by atoms with Gasteiger partial charge in [0.1, 0.15) is 6.10 Å². The highest BCUT2D eigenvalue weighted by atomic mass is 32.1. The van der Waals surface area contributed by atoms with Crippen LogP contribution in [0.5, 0.6) is 5.19 Å². The van der Waals surface area contributed by atoms with Gasteiger partial charge in [0.15, 0.2) is 0 Å². The molecule has 0 aliphatic carbocycles. The summed E-state index contributed by atoms with van der Waals surface area (Å²) in [6.45, 7) is 11.6. The molecular formula is C14H22BNO4S. The van der Waals surface area contributed by atoms with Gasteiger partial charge in [0.25, 0.3) is 5.19 Å². The summed E-state index contributed by atoms with van der Waals surface area (Å²) >= 11 is 1.51. The largest absolute Gasteiger partial charge is 0.507 e. The summed E-state index contributed by atoms with van der Waals surface area (Å²) < 4.78 is 24.3. The van der Waals surface area contributed by atoms with Gasteiger partial charge in [-0.15, -0.1) is 0 Å². The van der Waals surface area contributed by atoms with Crippen LogP contribution in [-0.4, -0.2) is 42.6 Å². The molecule has 0 bridgehead atoms. The highest BCUT2D eigenvalue weighted by Gasteiger charge is 2.53. The van der Waals surface area contributed by atoms with E-state index in [0.29, 0.717) is 11.8 Å². The van der Waals surface area contributed by atoms with Gasteiger partial charge < -0.3 is 18.8 Å². The van der Waals surface area contributed by atoms with Gasteiger partial charge in [-0.2, -0.15) is 0 Å². The van der Waals surface area contributed by atoms with Crippen molar-refractivity contribution >= 4 is 23.2 Å². The molecule has 2 fully saturated rings. The summed E-state index contributed by atoms with van der Waals surface area (Å²) in [6.07, 6.45) is 1.03. The van der Waals surface area contributed by atoms with Crippen LogP contribution in [0.4, 0.5) is 0 Å². The second kappa shape index (κ2) is 5.23. The minimum atomic E-state index is -0.371. The van der Waals surface area contributed by atoms with Crippen molar-refractivity contribution in [2.45, 2.75) is 58.3 Å². The minimum absolute atomic E-state index is 0.113. The van der Waals surface area contributed by atoms with Crippen molar-refractivity contribution < 1.29 is 18.8 Å². The van der Waals surface area contributed by atoms with Crippen LogP contribution in [-0.2, 0) is 14.0 Å². The normalized spacial score (nSPS) is 27.3. The summed E-state index contributed by atoms with van der Waals surface area (Å²) in [5.41, 5.74) is 0.232. The lowest BCUT2D eigenvalue weighted by Gasteiger charge is -2.32. The van der Waals surface area contributed by atoms with Crippen molar-refractivity contribution in [1.82, 2.24) is 4.98 Å². The third-order valence-corrected chi connectivity index (χ3v) is 5.51. The molecule has 21 heavy (non-hydrogen) atoms. The van der Waals surface area contributed by atoms with E-state index >= 15 is 0 Å². The molecule has 0 spiro atoms. The summed E-state index contributed by atoms with van der Waals surface area (Å²) in [5.74, 6) is 0. The average Bonchev–Trinajstić information content (AvgIpc) is 3.01. The lowest BCUT2D eigenvalue weighted by molar-refractivity contribution is 0.00578. The Bertz CT molecular complexity index is 509. The van der Waals surface area contributed by atoms with Gasteiger partial charge in [0.05, 0.1) is 34.9 Å². The van der Waals surface area contributed by atoms with Gasteiger partial charge in [-0.25, -0.2) is 4.98 Å². The van der Waals surface area contributed by atoms with Gasteiger partial charge in [0.2, 0.25) is 0 Å². The number of hydrogen-bond acceptors (Lipinski definition) is 6. The first kappa shape index (κ1) is 15.3. The fraction of sp³-hybridized carbons (Fsp3) is 0.786. The highest BCUT2D eigenvalue weighted by molar-refractivity contribution is 7.23. The maximum Gasteiger partial charge on any atom is 0.507 e. The Kier molecular flexibility index (Phi) is 3.80. The highest BCUT2D eigenvalue weighted by Crippen LogP contribution is 2.37. The SMILES string of the molecule is Cc1nc(OC2CCOC2)sc1B1OC(C)(C)C(C)(C)O1. The molecule has 2 aliphatic heterocycles. The first-order chi connectivity index (χ1) is 9.78. The molecule has 0 radical (unpaired) electrons. The third-order valence-electron chi connectivity index (χ3n) is 4.44. The van der Waals surface area contributed by atoms with Gasteiger partial charge in [-0.3, -0.25) is 0 Å². The van der Waals surface area contributed by atoms with Crippen molar-refractivity contribution in [2.24, 2.45) is 0 Å². The number of thiazole rings is 1. The molecule has 0 N–H and O–H groups in total. The number of ether oxygens (including phenoxy) is 2. The molecule has 7 heteroatoms. The maximum absolute atomic E-state index is 6.08. The summed E-state index contributed by atoms with van der Waals surface area (Å²) in [6, 6.07) is 0. The first-order valence-corrected chi connectivity index (χ1v) is 8.17. The molecule has 5 nitrogen and oxygen atoms in total. The monoisotopic (exact) mass is 311 g/mol. The number of rotatable bonds is 3. The Balaban J connectivity index is 1.76. The van der Waals surface area contributed by atoms with Crippen LogP contribution >= 0.6 is 11.3 Å². The number of hydrogen-bond donors (Lipinski definition) is 0. The van der Waals surface area contributed by atoms with E-state index in [1.165, 1.54) is 11.3 Å². The van der Waals surface area contributed by atoms with Crippen molar-refractivity contribution in [1.29, 1.82) is 0 Å². The summed E-state index contributed by atoms with van der Waals surface area (Å²) in [7, 11) is -0.371. The topological polar surface area (TPSA) is 49.8 Å². The van der Waals surface area contributed by atoms with Gasteiger partial charge in [-0.05, 0) is 34.6 Å². The van der Waals surface area contributed by atoms with Crippen molar-refractivity contribution in [3.05, 3.63) is 5.69 Å². The Hall–Kier alpha value is -0.625. The van der Waals surface area contributed by atoms with E-state index in [9.17, 15) is 0 Å². The molecule has 1 aromatic rings. The number of nitrogens with zero attached hydrogens (tertiary/aromatic N) is 1. The van der Waals surface area contributed by atoms with E-state index in [4.69, 9.17) is 18.8 Å². The van der Waals surface area contributed by atoms with Crippen molar-refractivity contribution in [3.8, 4) is 5.19 Å². The summed E-state index contributed by atoms with van der Waals surface area (Å²) in [4.78, 5) is 4.49. The molecule has 0 saturated carbocycles. The van der Waals surface area contributed by atoms with E-state index in [1.54, 1.807) is 0 Å². The average molecular weight is 311 g/mol. The molecule has 3 rings (SSSR count). The molecule has 2 saturated heterocycles. The minimum Gasteiger partial charge on any atom is -0.464 e. The Morgan fingerprint density at radius 3 is 2.48 bits per heavy atom. The maximum atomic E-state index is 6.08. The fourth-order valence-electron chi connectivity index (χ4n) is 2.35.